The first-order chi connectivity index (χ1) is 11.8. The number of hydrogen-bond donors (Lipinski definition) is 3. The largest absolute Gasteiger partial charge is 0.357 e. The van der Waals surface area contributed by atoms with Gasteiger partial charge < -0.3 is 20.9 Å². The van der Waals surface area contributed by atoms with Gasteiger partial charge in [-0.2, -0.15) is 0 Å². The lowest BCUT2D eigenvalue weighted by molar-refractivity contribution is 0.0963. The van der Waals surface area contributed by atoms with Gasteiger partial charge in [-0.1, -0.05) is 12.1 Å². The smallest absolute Gasteiger partial charge is 0.251 e. The van der Waals surface area contributed by atoms with Gasteiger partial charge in [-0.05, 0) is 59.0 Å². The monoisotopic (exact) mass is 475 g/mol. The summed E-state index contributed by atoms with van der Waals surface area (Å²) in [6.07, 6.45) is 0.826. The van der Waals surface area contributed by atoms with E-state index in [1.165, 1.54) is 0 Å². The number of guanidine groups is 1. The molecule has 1 amide bonds. The minimum atomic E-state index is -0.0596. The normalized spacial score (nSPS) is 11.7. The topological polar surface area (TPSA) is 68.8 Å². The van der Waals surface area contributed by atoms with Crippen LogP contribution < -0.4 is 16.0 Å². The van der Waals surface area contributed by atoms with Crippen molar-refractivity contribution in [1.29, 1.82) is 0 Å². The fourth-order valence-electron chi connectivity index (χ4n) is 2.09. The maximum atomic E-state index is 11.7. The van der Waals surface area contributed by atoms with E-state index in [2.05, 4.69) is 60.7 Å². The van der Waals surface area contributed by atoms with Crippen LogP contribution in [0.5, 0.6) is 0 Å². The highest BCUT2D eigenvalue weighted by Crippen LogP contribution is 2.10. The number of amides is 1. The summed E-state index contributed by atoms with van der Waals surface area (Å²) in [5.41, 5.74) is 1.82. The Bertz CT molecular complexity index is 587. The third kappa shape index (κ3) is 8.35. The number of carbonyl (C=O) groups excluding carboxylic acids is 1. The van der Waals surface area contributed by atoms with E-state index in [-0.39, 0.29) is 35.4 Å². The Morgan fingerprint density at radius 3 is 2.50 bits per heavy atom. The summed E-state index contributed by atoms with van der Waals surface area (Å²) in [7, 11) is 5.77. The molecular formula is C19H34IN5O. The van der Waals surface area contributed by atoms with Gasteiger partial charge in [-0.25, -0.2) is 0 Å². The number of nitrogens with zero attached hydrogens (tertiary/aromatic N) is 2. The number of hydrogen-bond acceptors (Lipinski definition) is 3. The molecule has 0 fully saturated rings. The SMILES string of the molecule is CCNC(=NCC(C)(C)N(C)C)NCCc1cccc(C(=O)NC)c1.I. The Morgan fingerprint density at radius 1 is 1.23 bits per heavy atom. The Balaban J connectivity index is 0.00000625. The Kier molecular flexibility index (Phi) is 11.5. The molecule has 0 spiro atoms. The summed E-state index contributed by atoms with van der Waals surface area (Å²) in [6.45, 7) is 8.68. The van der Waals surface area contributed by atoms with E-state index in [9.17, 15) is 4.79 Å². The Morgan fingerprint density at radius 2 is 1.92 bits per heavy atom. The zero-order valence-electron chi connectivity index (χ0n) is 16.8. The van der Waals surface area contributed by atoms with Gasteiger partial charge in [0.15, 0.2) is 5.96 Å². The summed E-state index contributed by atoms with van der Waals surface area (Å²) in [4.78, 5) is 18.6. The average molecular weight is 475 g/mol. The zero-order chi connectivity index (χ0) is 18.9. The number of benzene rings is 1. The molecule has 0 atom stereocenters. The van der Waals surface area contributed by atoms with Crippen LogP contribution in [0.4, 0.5) is 0 Å². The lowest BCUT2D eigenvalue weighted by Gasteiger charge is -2.31. The highest BCUT2D eigenvalue weighted by molar-refractivity contribution is 14.0. The molecule has 1 rings (SSSR count). The molecule has 0 aliphatic heterocycles. The predicted molar refractivity (Wildman–Crippen MR) is 121 cm³/mol. The number of rotatable bonds is 8. The first-order valence-electron chi connectivity index (χ1n) is 8.80. The third-order valence-corrected chi connectivity index (χ3v) is 4.30. The molecule has 6 nitrogen and oxygen atoms in total. The number of nitrogens with one attached hydrogen (secondary N) is 3. The van der Waals surface area contributed by atoms with Crippen molar-refractivity contribution in [3.8, 4) is 0 Å². The van der Waals surface area contributed by atoms with E-state index in [1.807, 2.05) is 24.3 Å². The predicted octanol–water partition coefficient (Wildman–Crippen LogP) is 2.10. The van der Waals surface area contributed by atoms with Gasteiger partial charge >= 0.3 is 0 Å². The van der Waals surface area contributed by atoms with Crippen LogP contribution in [0, 0.1) is 0 Å². The quantitative estimate of drug-likeness (QED) is 0.306. The van der Waals surface area contributed by atoms with Crippen LogP contribution in [0.3, 0.4) is 0 Å². The van der Waals surface area contributed by atoms with Gasteiger partial charge in [-0.3, -0.25) is 9.79 Å². The van der Waals surface area contributed by atoms with E-state index in [4.69, 9.17) is 0 Å². The number of carbonyl (C=O) groups is 1. The van der Waals surface area contributed by atoms with E-state index >= 15 is 0 Å². The summed E-state index contributed by atoms with van der Waals surface area (Å²) in [5.74, 6) is 0.760. The fraction of sp³-hybridized carbons (Fsp3) is 0.579. The van der Waals surface area contributed by atoms with Crippen molar-refractivity contribution in [3.63, 3.8) is 0 Å². The first-order valence-corrected chi connectivity index (χ1v) is 8.80. The molecule has 3 N–H and O–H groups in total. The molecule has 0 saturated heterocycles. The van der Waals surface area contributed by atoms with Crippen LogP contribution >= 0.6 is 24.0 Å². The van der Waals surface area contributed by atoms with Crippen LogP contribution in [0.25, 0.3) is 0 Å². The Labute approximate surface area is 175 Å². The van der Waals surface area contributed by atoms with Crippen molar-refractivity contribution in [1.82, 2.24) is 20.9 Å². The van der Waals surface area contributed by atoms with Crippen molar-refractivity contribution in [2.24, 2.45) is 4.99 Å². The molecule has 148 valence electrons. The maximum Gasteiger partial charge on any atom is 0.251 e. The number of likely N-dealkylation sites (N-methyl/N-ethyl adjacent to an activating group) is 1. The molecule has 0 unspecified atom stereocenters. The number of aliphatic imine (C=N–C) groups is 1. The van der Waals surface area contributed by atoms with Crippen molar-refractivity contribution in [2.45, 2.75) is 32.7 Å². The molecule has 7 heteroatoms. The molecule has 1 aromatic rings. The zero-order valence-corrected chi connectivity index (χ0v) is 19.2. The molecule has 0 saturated carbocycles. The number of halogens is 1. The minimum Gasteiger partial charge on any atom is -0.357 e. The first kappa shape index (κ1) is 24.7. The lowest BCUT2D eigenvalue weighted by atomic mass is 10.1. The van der Waals surface area contributed by atoms with Gasteiger partial charge in [0.1, 0.15) is 0 Å². The van der Waals surface area contributed by atoms with Gasteiger partial charge in [-0.15, -0.1) is 24.0 Å². The van der Waals surface area contributed by atoms with Gasteiger partial charge in [0.2, 0.25) is 0 Å². The molecule has 0 heterocycles. The van der Waals surface area contributed by atoms with Crippen LogP contribution in [0.1, 0.15) is 36.7 Å². The molecule has 0 radical (unpaired) electrons. The third-order valence-electron chi connectivity index (χ3n) is 4.30. The van der Waals surface area contributed by atoms with E-state index in [0.29, 0.717) is 12.1 Å². The van der Waals surface area contributed by atoms with Crippen LogP contribution in [-0.2, 0) is 6.42 Å². The van der Waals surface area contributed by atoms with Crippen molar-refractivity contribution in [3.05, 3.63) is 35.4 Å². The van der Waals surface area contributed by atoms with Gasteiger partial charge in [0.25, 0.3) is 5.91 Å². The summed E-state index contributed by atoms with van der Waals surface area (Å²) >= 11 is 0. The van der Waals surface area contributed by atoms with Crippen LogP contribution in [0.2, 0.25) is 0 Å². The second-order valence-corrected chi connectivity index (χ2v) is 6.86. The van der Waals surface area contributed by atoms with Crippen molar-refractivity contribution in [2.75, 3.05) is 40.8 Å². The molecule has 1 aromatic carbocycles. The molecule has 0 aliphatic rings. The molecule has 0 aromatic heterocycles. The highest BCUT2D eigenvalue weighted by Gasteiger charge is 2.19. The Hall–Kier alpha value is -1.35. The second kappa shape index (κ2) is 12.1. The molecule has 0 bridgehead atoms. The fourth-order valence-corrected chi connectivity index (χ4v) is 2.09. The molecule has 26 heavy (non-hydrogen) atoms. The average Bonchev–Trinajstić information content (AvgIpc) is 2.59. The lowest BCUT2D eigenvalue weighted by Crippen LogP contribution is -2.44. The molecule has 0 aliphatic carbocycles. The van der Waals surface area contributed by atoms with E-state index < -0.39 is 0 Å². The van der Waals surface area contributed by atoms with Gasteiger partial charge in [0, 0.05) is 31.2 Å². The van der Waals surface area contributed by atoms with Gasteiger partial charge in [0.05, 0.1) is 6.54 Å². The van der Waals surface area contributed by atoms with Crippen LogP contribution in [-0.4, -0.2) is 63.1 Å². The second-order valence-electron chi connectivity index (χ2n) is 6.86. The van der Waals surface area contributed by atoms with E-state index in [0.717, 1.165) is 31.0 Å². The summed E-state index contributed by atoms with van der Waals surface area (Å²) in [5, 5.41) is 9.29. The molecular weight excluding hydrogens is 441 g/mol. The maximum absolute atomic E-state index is 11.7. The van der Waals surface area contributed by atoms with Crippen LogP contribution in [0.15, 0.2) is 29.3 Å². The summed E-state index contributed by atoms with van der Waals surface area (Å²) in [6, 6.07) is 7.70. The summed E-state index contributed by atoms with van der Waals surface area (Å²) < 4.78 is 0. The standard InChI is InChI=1S/C19H33N5O.HI/c1-7-21-18(23-14-19(2,3)24(5)6)22-12-11-15-9-8-10-16(13-15)17(25)20-4;/h8-10,13H,7,11-12,14H2,1-6H3,(H,20,25)(H2,21,22,23);1H. The van der Waals surface area contributed by atoms with Crippen molar-refractivity contribution >= 4 is 35.8 Å². The van der Waals surface area contributed by atoms with E-state index in [1.54, 1.807) is 7.05 Å². The minimum absolute atomic E-state index is 0. The van der Waals surface area contributed by atoms with Crippen molar-refractivity contribution < 1.29 is 4.79 Å². The highest BCUT2D eigenvalue weighted by atomic mass is 127.